The van der Waals surface area contributed by atoms with Crippen molar-refractivity contribution in [3.05, 3.63) is 12.8 Å². The monoisotopic (exact) mass is 112 g/mol. The maximum absolute atomic E-state index is 5.24. The van der Waals surface area contributed by atoms with Crippen LogP contribution in [0.3, 0.4) is 0 Å². The van der Waals surface area contributed by atoms with Crippen LogP contribution >= 0.6 is 0 Å². The molecule has 0 N–H and O–H groups in total. The first-order valence-corrected chi connectivity index (χ1v) is 2.87. The SMILES string of the molecule is [CH]1CO[C@@H]2[CH]CO[C@H]12. The summed E-state index contributed by atoms with van der Waals surface area (Å²) in [5.41, 5.74) is 0. The van der Waals surface area contributed by atoms with Crippen LogP contribution < -0.4 is 0 Å². The second-order valence-electron chi connectivity index (χ2n) is 2.07. The van der Waals surface area contributed by atoms with E-state index in [9.17, 15) is 0 Å². The highest BCUT2D eigenvalue weighted by Crippen LogP contribution is 2.23. The van der Waals surface area contributed by atoms with E-state index in [2.05, 4.69) is 12.8 Å². The molecular formula is C6H8O2. The van der Waals surface area contributed by atoms with Crippen LogP contribution in [0.25, 0.3) is 0 Å². The zero-order valence-electron chi connectivity index (χ0n) is 4.54. The zero-order valence-corrected chi connectivity index (χ0v) is 4.54. The summed E-state index contributed by atoms with van der Waals surface area (Å²) in [4.78, 5) is 0. The first-order chi connectivity index (χ1) is 3.97. The van der Waals surface area contributed by atoms with Gasteiger partial charge in [0.2, 0.25) is 0 Å². The lowest BCUT2D eigenvalue weighted by Gasteiger charge is -2.02. The normalized spacial score (nSPS) is 45.0. The number of ether oxygens (including phenoxy) is 2. The van der Waals surface area contributed by atoms with Crippen LogP contribution in [0, 0.1) is 12.8 Å². The van der Waals surface area contributed by atoms with Gasteiger partial charge in [-0.25, -0.2) is 0 Å². The lowest BCUT2D eigenvalue weighted by atomic mass is 10.2. The second-order valence-corrected chi connectivity index (χ2v) is 2.07. The Balaban J connectivity index is 2.04. The van der Waals surface area contributed by atoms with E-state index in [0.29, 0.717) is 0 Å². The van der Waals surface area contributed by atoms with Crippen molar-refractivity contribution in [2.45, 2.75) is 12.2 Å². The first-order valence-electron chi connectivity index (χ1n) is 2.87. The van der Waals surface area contributed by atoms with Gasteiger partial charge in [0.1, 0.15) is 0 Å². The van der Waals surface area contributed by atoms with Gasteiger partial charge in [-0.05, 0) is 0 Å². The van der Waals surface area contributed by atoms with Gasteiger partial charge in [0, 0.05) is 12.8 Å². The maximum Gasteiger partial charge on any atom is 0.0895 e. The summed E-state index contributed by atoms with van der Waals surface area (Å²) in [6.07, 6.45) is 4.67. The summed E-state index contributed by atoms with van der Waals surface area (Å²) in [6.45, 7) is 1.51. The Morgan fingerprint density at radius 2 is 1.50 bits per heavy atom. The minimum atomic E-state index is 0.273. The van der Waals surface area contributed by atoms with E-state index in [4.69, 9.17) is 9.47 Å². The fraction of sp³-hybridized carbons (Fsp3) is 0.667. The molecule has 2 aliphatic rings. The molecule has 2 rings (SSSR count). The van der Waals surface area contributed by atoms with Crippen LogP contribution in [0.2, 0.25) is 0 Å². The smallest absolute Gasteiger partial charge is 0.0895 e. The van der Waals surface area contributed by atoms with E-state index >= 15 is 0 Å². The van der Waals surface area contributed by atoms with Crippen molar-refractivity contribution in [3.8, 4) is 0 Å². The molecule has 0 aromatic rings. The Morgan fingerprint density at radius 1 is 1.00 bits per heavy atom. The molecule has 0 amide bonds. The quantitative estimate of drug-likeness (QED) is 0.445. The van der Waals surface area contributed by atoms with Gasteiger partial charge in [-0.2, -0.15) is 0 Å². The van der Waals surface area contributed by atoms with Crippen molar-refractivity contribution in [1.29, 1.82) is 0 Å². The minimum Gasteiger partial charge on any atom is -0.375 e. The minimum absolute atomic E-state index is 0.273. The van der Waals surface area contributed by atoms with Crippen molar-refractivity contribution in [1.82, 2.24) is 0 Å². The van der Waals surface area contributed by atoms with E-state index in [1.165, 1.54) is 0 Å². The highest BCUT2D eigenvalue weighted by Gasteiger charge is 2.33. The molecule has 2 heteroatoms. The van der Waals surface area contributed by atoms with Gasteiger partial charge >= 0.3 is 0 Å². The molecule has 0 spiro atoms. The molecule has 0 saturated carbocycles. The Kier molecular flexibility index (Phi) is 1.02. The van der Waals surface area contributed by atoms with Crippen LogP contribution in [0.1, 0.15) is 0 Å². The van der Waals surface area contributed by atoms with Gasteiger partial charge in [-0.15, -0.1) is 0 Å². The van der Waals surface area contributed by atoms with E-state index < -0.39 is 0 Å². The highest BCUT2D eigenvalue weighted by molar-refractivity contribution is 5.02. The summed E-state index contributed by atoms with van der Waals surface area (Å²) in [7, 11) is 0. The predicted molar refractivity (Wildman–Crippen MR) is 28.1 cm³/mol. The van der Waals surface area contributed by atoms with Crippen molar-refractivity contribution >= 4 is 0 Å². The molecule has 0 aliphatic carbocycles. The maximum atomic E-state index is 5.24. The molecule has 2 nitrogen and oxygen atoms in total. The molecule has 2 aliphatic heterocycles. The fourth-order valence-electron chi connectivity index (χ4n) is 1.12. The van der Waals surface area contributed by atoms with Gasteiger partial charge in [-0.1, -0.05) is 0 Å². The third kappa shape index (κ3) is 0.565. The van der Waals surface area contributed by atoms with Crippen LogP contribution in [-0.4, -0.2) is 25.4 Å². The lowest BCUT2D eigenvalue weighted by molar-refractivity contribution is 0.0810. The van der Waals surface area contributed by atoms with Gasteiger partial charge < -0.3 is 9.47 Å². The molecule has 2 radical (unpaired) electrons. The molecule has 2 atom stereocenters. The average Bonchev–Trinajstić information content (AvgIpc) is 2.15. The van der Waals surface area contributed by atoms with E-state index in [0.717, 1.165) is 13.2 Å². The third-order valence-electron chi connectivity index (χ3n) is 1.56. The van der Waals surface area contributed by atoms with Crippen LogP contribution in [0.4, 0.5) is 0 Å². The van der Waals surface area contributed by atoms with Gasteiger partial charge in [0.05, 0.1) is 25.4 Å². The van der Waals surface area contributed by atoms with Gasteiger partial charge in [0.25, 0.3) is 0 Å². The molecule has 2 heterocycles. The molecule has 44 valence electrons. The standard InChI is InChI=1S/C6H8O2/c1-3-7-6-2-4-8-5(1)6/h1-2,5-6H,3-4H2/t5-,6-/m1/s1. The summed E-state index contributed by atoms with van der Waals surface area (Å²) in [5.74, 6) is 0. The van der Waals surface area contributed by atoms with E-state index in [1.54, 1.807) is 0 Å². The Hall–Kier alpha value is -0.0800. The lowest BCUT2D eigenvalue weighted by Crippen LogP contribution is -2.14. The second kappa shape index (κ2) is 1.71. The molecule has 0 aromatic carbocycles. The average molecular weight is 112 g/mol. The van der Waals surface area contributed by atoms with E-state index in [-0.39, 0.29) is 12.2 Å². The third-order valence-corrected chi connectivity index (χ3v) is 1.56. The molecule has 0 bridgehead atoms. The van der Waals surface area contributed by atoms with E-state index in [1.807, 2.05) is 0 Å². The van der Waals surface area contributed by atoms with Crippen molar-refractivity contribution in [2.24, 2.45) is 0 Å². The number of rotatable bonds is 0. The van der Waals surface area contributed by atoms with Crippen molar-refractivity contribution in [3.63, 3.8) is 0 Å². The molecular weight excluding hydrogens is 104 g/mol. The summed E-state index contributed by atoms with van der Waals surface area (Å²) in [5, 5.41) is 0. The predicted octanol–water partition coefficient (Wildman–Crippen LogP) is 0.193. The molecule has 0 aromatic heterocycles. The van der Waals surface area contributed by atoms with Crippen molar-refractivity contribution in [2.75, 3.05) is 13.2 Å². The summed E-state index contributed by atoms with van der Waals surface area (Å²) in [6, 6.07) is 0. The Morgan fingerprint density at radius 3 is 2.00 bits per heavy atom. The molecule has 0 unspecified atom stereocenters. The highest BCUT2D eigenvalue weighted by atomic mass is 16.6. The fourth-order valence-corrected chi connectivity index (χ4v) is 1.12. The molecule has 8 heavy (non-hydrogen) atoms. The summed E-state index contributed by atoms with van der Waals surface area (Å²) >= 11 is 0. The topological polar surface area (TPSA) is 18.5 Å². The number of hydrogen-bond acceptors (Lipinski definition) is 2. The van der Waals surface area contributed by atoms with Gasteiger partial charge in [-0.3, -0.25) is 0 Å². The van der Waals surface area contributed by atoms with Crippen LogP contribution in [0.15, 0.2) is 0 Å². The Labute approximate surface area is 48.8 Å². The first kappa shape index (κ1) is 4.77. The molecule has 2 saturated heterocycles. The van der Waals surface area contributed by atoms with Crippen LogP contribution in [-0.2, 0) is 9.47 Å². The zero-order chi connectivity index (χ0) is 5.40. The van der Waals surface area contributed by atoms with Crippen molar-refractivity contribution < 1.29 is 9.47 Å². The Bertz CT molecular complexity index is 72.5. The van der Waals surface area contributed by atoms with Crippen LogP contribution in [0.5, 0.6) is 0 Å². The summed E-state index contributed by atoms with van der Waals surface area (Å²) < 4.78 is 10.5. The largest absolute Gasteiger partial charge is 0.375 e. The molecule has 2 fully saturated rings. The number of hydrogen-bond donors (Lipinski definition) is 0. The number of fused-ring (bicyclic) bond motifs is 1. The van der Waals surface area contributed by atoms with Gasteiger partial charge in [0.15, 0.2) is 0 Å².